The molecule has 0 saturated heterocycles. The van der Waals surface area contributed by atoms with E-state index in [1.807, 2.05) is 6.07 Å². The highest BCUT2D eigenvalue weighted by atomic mass is 32.2. The van der Waals surface area contributed by atoms with Crippen LogP contribution in [-0.4, -0.2) is 38.6 Å². The number of hydrogen-bond donors (Lipinski definition) is 1. The Bertz CT molecular complexity index is 1000. The zero-order chi connectivity index (χ0) is 20.3. The highest BCUT2D eigenvalue weighted by molar-refractivity contribution is 7.91. The molecule has 0 aliphatic carbocycles. The average Bonchev–Trinajstić information content (AvgIpc) is 2.68. The Labute approximate surface area is 164 Å². The number of nitrogens with zero attached hydrogens (tertiary/aromatic N) is 1. The first-order valence-corrected chi connectivity index (χ1v) is 10.7. The molecule has 1 atom stereocenters. The molecule has 0 aromatic heterocycles. The molecule has 7 nitrogen and oxygen atoms in total. The number of sulfone groups is 1. The van der Waals surface area contributed by atoms with Gasteiger partial charge >= 0.3 is 0 Å². The van der Waals surface area contributed by atoms with Gasteiger partial charge in [0, 0.05) is 13.0 Å². The topological polar surface area (TPSA) is 92.8 Å². The summed E-state index contributed by atoms with van der Waals surface area (Å²) in [6, 6.07) is 13.4. The molecule has 0 fully saturated rings. The van der Waals surface area contributed by atoms with Crippen molar-refractivity contribution in [3.05, 3.63) is 48.5 Å². The number of ether oxygens (including phenoxy) is 1. The van der Waals surface area contributed by atoms with Gasteiger partial charge in [0.25, 0.3) is 5.91 Å². The van der Waals surface area contributed by atoms with Crippen LogP contribution in [0.4, 0.5) is 11.4 Å². The Morgan fingerprint density at radius 2 is 1.82 bits per heavy atom. The summed E-state index contributed by atoms with van der Waals surface area (Å²) in [6.07, 6.45) is -0.610. The van der Waals surface area contributed by atoms with Crippen molar-refractivity contribution in [1.29, 1.82) is 0 Å². The number of carbonyl (C=O) groups is 2. The van der Waals surface area contributed by atoms with Crippen molar-refractivity contribution < 1.29 is 22.7 Å². The summed E-state index contributed by atoms with van der Waals surface area (Å²) >= 11 is 0. The fraction of sp³-hybridized carbons (Fsp3) is 0.300. The van der Waals surface area contributed by atoms with Crippen LogP contribution in [0.15, 0.2) is 53.4 Å². The Kier molecular flexibility index (Phi) is 5.69. The molecule has 0 saturated carbocycles. The van der Waals surface area contributed by atoms with Crippen LogP contribution in [0.1, 0.15) is 20.3 Å². The van der Waals surface area contributed by atoms with Crippen LogP contribution in [0.25, 0.3) is 0 Å². The van der Waals surface area contributed by atoms with Gasteiger partial charge in [-0.2, -0.15) is 0 Å². The quantitative estimate of drug-likeness (QED) is 0.802. The minimum Gasteiger partial charge on any atom is -0.479 e. The van der Waals surface area contributed by atoms with E-state index in [0.717, 1.165) is 0 Å². The third-order valence-corrected chi connectivity index (χ3v) is 6.30. The first-order valence-electron chi connectivity index (χ1n) is 9.02. The van der Waals surface area contributed by atoms with E-state index < -0.39 is 15.9 Å². The van der Waals surface area contributed by atoms with Gasteiger partial charge in [0.05, 0.1) is 22.0 Å². The standard InChI is InChI=1S/C20H22N2O5S/c1-3-28(25,26)18-11-7-4-8-15(18)21-19(23)12-13-22-16-9-5-6-10-17(16)27-14(2)20(22)24/h4-11,14H,3,12-13H2,1-2H3,(H,21,23). The predicted octanol–water partition coefficient (Wildman–Crippen LogP) is 2.62. The molecule has 1 unspecified atom stereocenters. The van der Waals surface area contributed by atoms with Crippen molar-refractivity contribution in [3.8, 4) is 5.75 Å². The zero-order valence-corrected chi connectivity index (χ0v) is 16.5. The van der Waals surface area contributed by atoms with Gasteiger partial charge in [-0.15, -0.1) is 0 Å². The molecule has 2 aromatic rings. The summed E-state index contributed by atoms with van der Waals surface area (Å²) in [5.41, 5.74) is 0.865. The first kappa shape index (κ1) is 19.9. The first-order chi connectivity index (χ1) is 13.3. The molecule has 1 heterocycles. The fourth-order valence-corrected chi connectivity index (χ4v) is 4.06. The van der Waals surface area contributed by atoms with Crippen LogP contribution in [0, 0.1) is 0 Å². The highest BCUT2D eigenvalue weighted by Gasteiger charge is 2.31. The highest BCUT2D eigenvalue weighted by Crippen LogP contribution is 2.33. The van der Waals surface area contributed by atoms with E-state index in [1.54, 1.807) is 50.2 Å². The molecule has 28 heavy (non-hydrogen) atoms. The summed E-state index contributed by atoms with van der Waals surface area (Å²) in [7, 11) is -3.46. The average molecular weight is 402 g/mol. The second-order valence-electron chi connectivity index (χ2n) is 6.42. The SMILES string of the molecule is CCS(=O)(=O)c1ccccc1NC(=O)CCN1C(=O)C(C)Oc2ccccc21. The van der Waals surface area contributed by atoms with E-state index in [-0.39, 0.29) is 41.1 Å². The van der Waals surface area contributed by atoms with Crippen LogP contribution in [0.5, 0.6) is 5.75 Å². The van der Waals surface area contributed by atoms with E-state index in [2.05, 4.69) is 5.32 Å². The number of para-hydroxylation sites is 3. The minimum atomic E-state index is -3.46. The maximum absolute atomic E-state index is 12.5. The maximum atomic E-state index is 12.5. The molecule has 8 heteroatoms. The third kappa shape index (κ3) is 4.01. The van der Waals surface area contributed by atoms with Gasteiger partial charge in [0.2, 0.25) is 5.91 Å². The van der Waals surface area contributed by atoms with Crippen LogP contribution in [0.2, 0.25) is 0 Å². The van der Waals surface area contributed by atoms with Gasteiger partial charge < -0.3 is 15.0 Å². The lowest BCUT2D eigenvalue weighted by atomic mass is 10.1. The molecular weight excluding hydrogens is 380 g/mol. The number of anilines is 2. The molecule has 0 bridgehead atoms. The van der Waals surface area contributed by atoms with E-state index >= 15 is 0 Å². The number of hydrogen-bond acceptors (Lipinski definition) is 5. The normalized spacial score (nSPS) is 16.3. The molecule has 1 N–H and O–H groups in total. The lowest BCUT2D eigenvalue weighted by Crippen LogP contribution is -2.45. The minimum absolute atomic E-state index is 0.0211. The van der Waals surface area contributed by atoms with Gasteiger partial charge in [-0.1, -0.05) is 31.2 Å². The summed E-state index contributed by atoms with van der Waals surface area (Å²) in [5, 5.41) is 2.65. The molecule has 0 spiro atoms. The molecular formula is C20H22N2O5S. The van der Waals surface area contributed by atoms with Crippen molar-refractivity contribution in [2.45, 2.75) is 31.3 Å². The Morgan fingerprint density at radius 3 is 2.57 bits per heavy atom. The summed E-state index contributed by atoms with van der Waals surface area (Å²) < 4.78 is 30.0. The summed E-state index contributed by atoms with van der Waals surface area (Å²) in [6.45, 7) is 3.38. The number of amides is 2. The van der Waals surface area contributed by atoms with E-state index in [9.17, 15) is 18.0 Å². The van der Waals surface area contributed by atoms with Crippen LogP contribution >= 0.6 is 0 Å². The van der Waals surface area contributed by atoms with Crippen LogP contribution < -0.4 is 15.0 Å². The van der Waals surface area contributed by atoms with Crippen molar-refractivity contribution >= 4 is 33.0 Å². The summed E-state index contributed by atoms with van der Waals surface area (Å²) in [4.78, 5) is 26.5. The van der Waals surface area contributed by atoms with Gasteiger partial charge in [0.15, 0.2) is 15.9 Å². The van der Waals surface area contributed by atoms with E-state index in [1.165, 1.54) is 11.0 Å². The van der Waals surface area contributed by atoms with Gasteiger partial charge in [-0.3, -0.25) is 9.59 Å². The molecule has 1 aliphatic heterocycles. The van der Waals surface area contributed by atoms with E-state index in [4.69, 9.17) is 4.74 Å². The van der Waals surface area contributed by atoms with Crippen molar-refractivity contribution in [2.75, 3.05) is 22.5 Å². The molecule has 3 rings (SSSR count). The molecule has 1 aliphatic rings. The molecule has 148 valence electrons. The Morgan fingerprint density at radius 1 is 1.14 bits per heavy atom. The van der Waals surface area contributed by atoms with Crippen molar-refractivity contribution in [2.24, 2.45) is 0 Å². The molecule has 0 radical (unpaired) electrons. The second-order valence-corrected chi connectivity index (χ2v) is 8.66. The van der Waals surface area contributed by atoms with Crippen molar-refractivity contribution in [1.82, 2.24) is 0 Å². The van der Waals surface area contributed by atoms with Crippen LogP contribution in [-0.2, 0) is 19.4 Å². The predicted molar refractivity (Wildman–Crippen MR) is 106 cm³/mol. The number of nitrogens with one attached hydrogen (secondary N) is 1. The summed E-state index contributed by atoms with van der Waals surface area (Å²) in [5.74, 6) is -0.0605. The zero-order valence-electron chi connectivity index (χ0n) is 15.7. The van der Waals surface area contributed by atoms with Gasteiger partial charge in [-0.25, -0.2) is 8.42 Å². The number of rotatable bonds is 6. The van der Waals surface area contributed by atoms with Gasteiger partial charge in [0.1, 0.15) is 5.75 Å². The van der Waals surface area contributed by atoms with Crippen molar-refractivity contribution in [3.63, 3.8) is 0 Å². The lowest BCUT2D eigenvalue weighted by molar-refractivity contribution is -0.125. The maximum Gasteiger partial charge on any atom is 0.267 e. The van der Waals surface area contributed by atoms with Crippen LogP contribution in [0.3, 0.4) is 0 Å². The second kappa shape index (κ2) is 8.02. The van der Waals surface area contributed by atoms with E-state index in [0.29, 0.717) is 11.4 Å². The monoisotopic (exact) mass is 402 g/mol. The number of benzene rings is 2. The smallest absolute Gasteiger partial charge is 0.267 e. The fourth-order valence-electron chi connectivity index (χ4n) is 3.01. The Balaban J connectivity index is 1.73. The molecule has 2 amide bonds. The van der Waals surface area contributed by atoms with Gasteiger partial charge in [-0.05, 0) is 31.2 Å². The molecule has 2 aromatic carbocycles. The third-order valence-electron chi connectivity index (χ3n) is 4.51. The Hall–Kier alpha value is -2.87. The number of carbonyl (C=O) groups excluding carboxylic acids is 2. The lowest BCUT2D eigenvalue weighted by Gasteiger charge is -2.32. The largest absolute Gasteiger partial charge is 0.479 e. The number of fused-ring (bicyclic) bond motifs is 1.